The van der Waals surface area contributed by atoms with Gasteiger partial charge in [-0.3, -0.25) is 4.79 Å². The Bertz CT molecular complexity index is 1080. The number of anilines is 1. The molecule has 0 radical (unpaired) electrons. The minimum absolute atomic E-state index is 0.272. The van der Waals surface area contributed by atoms with E-state index in [0.29, 0.717) is 30.2 Å². The van der Waals surface area contributed by atoms with Crippen LogP contribution in [-0.2, 0) is 6.54 Å². The molecule has 162 valence electrons. The van der Waals surface area contributed by atoms with Crippen molar-refractivity contribution < 1.29 is 9.18 Å². The molecule has 0 aliphatic rings. The maximum atomic E-state index is 13.4. The van der Waals surface area contributed by atoms with Crippen molar-refractivity contribution >= 4 is 23.7 Å². The fourth-order valence-corrected chi connectivity index (χ4v) is 3.42. The van der Waals surface area contributed by atoms with Crippen LogP contribution in [0.2, 0.25) is 5.15 Å². The van der Waals surface area contributed by atoms with Gasteiger partial charge < -0.3 is 9.80 Å². The molecule has 8 heteroatoms. The van der Waals surface area contributed by atoms with E-state index < -0.39 is 5.95 Å². The molecule has 31 heavy (non-hydrogen) atoms. The van der Waals surface area contributed by atoms with Gasteiger partial charge in [0.15, 0.2) is 12.1 Å². The number of benzene rings is 1. The van der Waals surface area contributed by atoms with E-state index in [2.05, 4.69) is 16.7 Å². The zero-order chi connectivity index (χ0) is 22.5. The van der Waals surface area contributed by atoms with Crippen molar-refractivity contribution in [2.24, 2.45) is 0 Å². The minimum atomic E-state index is -0.519. The molecule has 3 rings (SSSR count). The smallest absolute Gasteiger partial charge is 0.213 e. The normalized spacial score (nSPS) is 10.7. The standard InChI is InChI=1S/C23H25ClFN5O/c1-5-13-29(16(2)28(3)4)23-19(15-31)22(24)30(27-23)14-17-9-11-18(12-10-17)20-7-6-8-21(25)26-20/h6-12,15H,2,5,13-14H2,1,3-4H3. The molecular formula is C23H25ClFN5O. The second-order valence-electron chi connectivity index (χ2n) is 7.31. The average molecular weight is 442 g/mol. The van der Waals surface area contributed by atoms with Gasteiger partial charge in [0.1, 0.15) is 11.0 Å². The van der Waals surface area contributed by atoms with Crippen molar-refractivity contribution in [3.05, 3.63) is 77.1 Å². The number of aldehydes is 1. The summed E-state index contributed by atoms with van der Waals surface area (Å²) >= 11 is 6.50. The summed E-state index contributed by atoms with van der Waals surface area (Å²) in [4.78, 5) is 19.5. The van der Waals surface area contributed by atoms with E-state index in [9.17, 15) is 9.18 Å². The maximum Gasteiger partial charge on any atom is 0.213 e. The molecule has 0 saturated heterocycles. The molecule has 0 amide bonds. The SMILES string of the molecule is C=C(N(C)C)N(CCC)c1nn(Cc2ccc(-c3cccc(F)n3)cc2)c(Cl)c1C=O. The van der Waals surface area contributed by atoms with Crippen LogP contribution in [-0.4, -0.2) is 46.6 Å². The van der Waals surface area contributed by atoms with Gasteiger partial charge in [-0.15, -0.1) is 0 Å². The summed E-state index contributed by atoms with van der Waals surface area (Å²) in [5.41, 5.74) is 2.63. The van der Waals surface area contributed by atoms with Gasteiger partial charge in [-0.1, -0.05) is 55.4 Å². The van der Waals surface area contributed by atoms with Gasteiger partial charge in [-0.2, -0.15) is 9.49 Å². The molecule has 1 aromatic carbocycles. The van der Waals surface area contributed by atoms with E-state index in [4.69, 9.17) is 11.6 Å². The van der Waals surface area contributed by atoms with Crippen molar-refractivity contribution in [1.82, 2.24) is 19.7 Å². The van der Waals surface area contributed by atoms with Crippen LogP contribution in [0.15, 0.2) is 54.9 Å². The lowest BCUT2D eigenvalue weighted by Crippen LogP contribution is -2.32. The highest BCUT2D eigenvalue weighted by Crippen LogP contribution is 2.29. The van der Waals surface area contributed by atoms with Crippen molar-refractivity contribution in [3.8, 4) is 11.3 Å². The predicted octanol–water partition coefficient (Wildman–Crippen LogP) is 4.85. The lowest BCUT2D eigenvalue weighted by molar-refractivity contribution is 0.112. The van der Waals surface area contributed by atoms with Gasteiger partial charge in [0.05, 0.1) is 17.8 Å². The zero-order valence-electron chi connectivity index (χ0n) is 17.8. The Labute approximate surface area is 186 Å². The Kier molecular flexibility index (Phi) is 7.07. The fourth-order valence-electron chi connectivity index (χ4n) is 3.19. The summed E-state index contributed by atoms with van der Waals surface area (Å²) in [6.07, 6.45) is 1.58. The van der Waals surface area contributed by atoms with Gasteiger partial charge in [0, 0.05) is 26.2 Å². The number of aromatic nitrogens is 3. The predicted molar refractivity (Wildman–Crippen MR) is 122 cm³/mol. The van der Waals surface area contributed by atoms with Crippen LogP contribution in [0.3, 0.4) is 0 Å². The monoisotopic (exact) mass is 441 g/mol. The molecule has 0 aliphatic heterocycles. The number of carbonyl (C=O) groups excluding carboxylic acids is 1. The third-order valence-electron chi connectivity index (χ3n) is 4.85. The van der Waals surface area contributed by atoms with Gasteiger partial charge >= 0.3 is 0 Å². The number of rotatable bonds is 9. The van der Waals surface area contributed by atoms with Gasteiger partial charge in [-0.25, -0.2) is 9.67 Å². The molecule has 2 aromatic heterocycles. The lowest BCUT2D eigenvalue weighted by Gasteiger charge is -2.29. The Morgan fingerprint density at radius 1 is 1.23 bits per heavy atom. The molecule has 0 spiro atoms. The third kappa shape index (κ3) is 4.94. The van der Waals surface area contributed by atoms with Crippen LogP contribution in [0.4, 0.5) is 10.2 Å². The second kappa shape index (κ2) is 9.75. The van der Waals surface area contributed by atoms with Crippen LogP contribution in [0, 0.1) is 5.95 Å². The average Bonchev–Trinajstić information content (AvgIpc) is 3.06. The highest BCUT2D eigenvalue weighted by atomic mass is 35.5. The summed E-state index contributed by atoms with van der Waals surface area (Å²) in [5.74, 6) is 0.689. The molecule has 0 unspecified atom stereocenters. The number of hydrogen-bond acceptors (Lipinski definition) is 5. The first kappa shape index (κ1) is 22.5. The first-order valence-corrected chi connectivity index (χ1v) is 10.3. The van der Waals surface area contributed by atoms with E-state index in [-0.39, 0.29) is 5.15 Å². The van der Waals surface area contributed by atoms with Crippen LogP contribution >= 0.6 is 11.6 Å². The van der Waals surface area contributed by atoms with Crippen molar-refractivity contribution in [2.75, 3.05) is 25.5 Å². The molecule has 3 aromatic rings. The van der Waals surface area contributed by atoms with Crippen molar-refractivity contribution in [2.45, 2.75) is 19.9 Å². The van der Waals surface area contributed by atoms with Crippen LogP contribution in [0.5, 0.6) is 0 Å². The quantitative estimate of drug-likeness (QED) is 0.351. The summed E-state index contributed by atoms with van der Waals surface area (Å²) in [6.45, 7) is 7.18. The number of carbonyl (C=O) groups is 1. The fraction of sp³-hybridized carbons (Fsp3) is 0.261. The van der Waals surface area contributed by atoms with Crippen LogP contribution < -0.4 is 4.90 Å². The minimum Gasteiger partial charge on any atom is -0.365 e. The molecule has 0 aliphatic carbocycles. The van der Waals surface area contributed by atoms with E-state index in [1.54, 1.807) is 16.8 Å². The van der Waals surface area contributed by atoms with Crippen LogP contribution in [0.25, 0.3) is 11.3 Å². The molecule has 0 fully saturated rings. The second-order valence-corrected chi connectivity index (χ2v) is 7.67. The molecule has 0 bridgehead atoms. The number of hydrogen-bond donors (Lipinski definition) is 0. The first-order valence-electron chi connectivity index (χ1n) is 9.92. The topological polar surface area (TPSA) is 54.3 Å². The van der Waals surface area contributed by atoms with Crippen molar-refractivity contribution in [3.63, 3.8) is 0 Å². The molecule has 0 N–H and O–H groups in total. The van der Waals surface area contributed by atoms with Crippen molar-refractivity contribution in [1.29, 1.82) is 0 Å². The van der Waals surface area contributed by atoms with E-state index in [1.807, 2.05) is 55.1 Å². The summed E-state index contributed by atoms with van der Waals surface area (Å²) in [6, 6.07) is 12.2. The summed E-state index contributed by atoms with van der Waals surface area (Å²) in [5, 5.41) is 4.89. The Morgan fingerprint density at radius 3 is 2.52 bits per heavy atom. The van der Waals surface area contributed by atoms with E-state index in [0.717, 1.165) is 29.7 Å². The van der Waals surface area contributed by atoms with E-state index in [1.165, 1.54) is 6.07 Å². The lowest BCUT2D eigenvalue weighted by atomic mass is 10.1. The third-order valence-corrected chi connectivity index (χ3v) is 5.25. The molecule has 6 nitrogen and oxygen atoms in total. The maximum absolute atomic E-state index is 13.4. The summed E-state index contributed by atoms with van der Waals surface area (Å²) in [7, 11) is 3.78. The molecule has 0 saturated carbocycles. The molecule has 0 atom stereocenters. The van der Waals surface area contributed by atoms with Gasteiger partial charge in [-0.05, 0) is 24.1 Å². The largest absolute Gasteiger partial charge is 0.365 e. The molecular weight excluding hydrogens is 417 g/mol. The number of pyridine rings is 1. The Balaban J connectivity index is 1.90. The number of halogens is 2. The summed E-state index contributed by atoms with van der Waals surface area (Å²) < 4.78 is 15.0. The van der Waals surface area contributed by atoms with Gasteiger partial charge in [0.2, 0.25) is 5.95 Å². The molecule has 2 heterocycles. The number of nitrogens with zero attached hydrogens (tertiary/aromatic N) is 5. The Hall–Kier alpha value is -3.19. The van der Waals surface area contributed by atoms with E-state index >= 15 is 0 Å². The zero-order valence-corrected chi connectivity index (χ0v) is 18.6. The van der Waals surface area contributed by atoms with Crippen LogP contribution in [0.1, 0.15) is 29.3 Å². The van der Waals surface area contributed by atoms with Gasteiger partial charge in [0.25, 0.3) is 0 Å². The highest BCUT2D eigenvalue weighted by Gasteiger charge is 2.23. The Morgan fingerprint density at radius 2 is 1.94 bits per heavy atom. The highest BCUT2D eigenvalue weighted by molar-refractivity contribution is 6.32. The first-order chi connectivity index (χ1) is 14.8.